The Morgan fingerprint density at radius 3 is 2.79 bits per heavy atom. The first kappa shape index (κ1) is 10.1. The number of fused-ring (bicyclic) bond motifs is 1. The van der Waals surface area contributed by atoms with E-state index < -0.39 is 6.10 Å². The molecule has 0 amide bonds. The van der Waals surface area contributed by atoms with Gasteiger partial charge >= 0.3 is 0 Å². The van der Waals surface area contributed by atoms with Crippen molar-refractivity contribution in [1.82, 2.24) is 0 Å². The molecule has 0 saturated heterocycles. The van der Waals surface area contributed by atoms with E-state index in [0.29, 0.717) is 12.1 Å². The van der Waals surface area contributed by atoms with Gasteiger partial charge in [0.1, 0.15) is 17.8 Å². The van der Waals surface area contributed by atoms with Gasteiger partial charge in [0.05, 0.1) is 0 Å². The predicted octanol–water partition coefficient (Wildman–Crippen LogP) is 0.901. The Morgan fingerprint density at radius 1 is 1.43 bits per heavy atom. The monoisotopic (exact) mass is 257 g/mol. The summed E-state index contributed by atoms with van der Waals surface area (Å²) in [6.45, 7) is 0. The number of aliphatic hydroxyl groups is 1. The zero-order valence-electron chi connectivity index (χ0n) is 7.61. The standard InChI is InChI=1S/C10H12BrNO2/c11-6-5-9-10(13)7-3-1-2-4-8(7)12(9)14/h1-4,9-10,12-13H,5-6H2. The van der Waals surface area contributed by atoms with Crippen molar-refractivity contribution in [3.05, 3.63) is 35.0 Å². The lowest BCUT2D eigenvalue weighted by Crippen LogP contribution is -3.05. The van der Waals surface area contributed by atoms with Crippen molar-refractivity contribution in [2.24, 2.45) is 0 Å². The van der Waals surface area contributed by atoms with Crippen LogP contribution in [0.5, 0.6) is 0 Å². The highest BCUT2D eigenvalue weighted by Crippen LogP contribution is 2.29. The van der Waals surface area contributed by atoms with Gasteiger partial charge in [0.2, 0.25) is 0 Å². The van der Waals surface area contributed by atoms with Crippen LogP contribution in [0.15, 0.2) is 24.3 Å². The van der Waals surface area contributed by atoms with Crippen LogP contribution < -0.4 is 5.06 Å². The van der Waals surface area contributed by atoms with Crippen LogP contribution in [0.3, 0.4) is 0 Å². The molecule has 0 spiro atoms. The lowest BCUT2D eigenvalue weighted by Gasteiger charge is -2.25. The second-order valence-corrected chi connectivity index (χ2v) is 4.27. The van der Waals surface area contributed by atoms with E-state index in [4.69, 9.17) is 0 Å². The molecule has 1 aliphatic rings. The van der Waals surface area contributed by atoms with Gasteiger partial charge in [-0.3, -0.25) is 0 Å². The zero-order valence-corrected chi connectivity index (χ0v) is 9.20. The highest BCUT2D eigenvalue weighted by molar-refractivity contribution is 9.09. The Morgan fingerprint density at radius 2 is 2.14 bits per heavy atom. The predicted molar refractivity (Wildman–Crippen MR) is 57.6 cm³/mol. The number of halogens is 1. The normalized spacial score (nSPS) is 30.4. The third-order valence-electron chi connectivity index (χ3n) is 2.68. The molecule has 0 radical (unpaired) electrons. The maximum atomic E-state index is 11.8. The minimum Gasteiger partial charge on any atom is -0.629 e. The number of benzene rings is 1. The van der Waals surface area contributed by atoms with Crippen molar-refractivity contribution in [3.8, 4) is 0 Å². The number of hydrogen-bond donors (Lipinski definition) is 2. The summed E-state index contributed by atoms with van der Waals surface area (Å²) in [6.07, 6.45) is 0.0746. The highest BCUT2D eigenvalue weighted by atomic mass is 79.9. The van der Waals surface area contributed by atoms with E-state index in [0.717, 1.165) is 10.9 Å². The number of hydrogen-bond acceptors (Lipinski definition) is 2. The van der Waals surface area contributed by atoms with Crippen LogP contribution in [0.2, 0.25) is 0 Å². The molecule has 2 rings (SSSR count). The summed E-state index contributed by atoms with van der Waals surface area (Å²) in [5.74, 6) is 0. The van der Waals surface area contributed by atoms with E-state index in [-0.39, 0.29) is 11.1 Å². The molecule has 2 N–H and O–H groups in total. The number of hydroxylamine groups is 1. The Balaban J connectivity index is 2.33. The van der Waals surface area contributed by atoms with Gasteiger partial charge in [0, 0.05) is 17.3 Å². The maximum Gasteiger partial charge on any atom is 0.137 e. The van der Waals surface area contributed by atoms with Crippen molar-refractivity contribution in [3.63, 3.8) is 0 Å². The fourth-order valence-corrected chi connectivity index (χ4v) is 2.44. The summed E-state index contributed by atoms with van der Waals surface area (Å²) in [7, 11) is 0. The van der Waals surface area contributed by atoms with E-state index in [1.165, 1.54) is 0 Å². The number of quaternary nitrogens is 1. The summed E-state index contributed by atoms with van der Waals surface area (Å²) in [4.78, 5) is 0. The first-order chi connectivity index (χ1) is 6.75. The average molecular weight is 258 g/mol. The van der Waals surface area contributed by atoms with Gasteiger partial charge in [-0.15, -0.1) is 0 Å². The van der Waals surface area contributed by atoms with Crippen LogP contribution in [0.4, 0.5) is 5.69 Å². The fourth-order valence-electron chi connectivity index (χ4n) is 1.95. The van der Waals surface area contributed by atoms with E-state index >= 15 is 0 Å². The topological polar surface area (TPSA) is 47.7 Å². The molecular formula is C10H12BrNO2. The van der Waals surface area contributed by atoms with Crippen molar-refractivity contribution < 1.29 is 10.2 Å². The molecule has 0 fully saturated rings. The third-order valence-corrected chi connectivity index (χ3v) is 3.14. The fraction of sp³-hybridized carbons (Fsp3) is 0.400. The largest absolute Gasteiger partial charge is 0.629 e. The number of aliphatic hydroxyl groups excluding tert-OH is 1. The van der Waals surface area contributed by atoms with Crippen LogP contribution in [-0.2, 0) is 0 Å². The minimum absolute atomic E-state index is 0.0764. The molecule has 4 heteroatoms. The summed E-state index contributed by atoms with van der Waals surface area (Å²) < 4.78 is 0. The SMILES string of the molecule is [O-][NH+]1c2ccccc2C(O)C1CCBr. The molecule has 3 unspecified atom stereocenters. The van der Waals surface area contributed by atoms with Crippen molar-refractivity contribution in [2.45, 2.75) is 18.6 Å². The van der Waals surface area contributed by atoms with Gasteiger partial charge < -0.3 is 15.4 Å². The van der Waals surface area contributed by atoms with Gasteiger partial charge in [-0.2, -0.15) is 0 Å². The molecular weight excluding hydrogens is 246 g/mol. The maximum absolute atomic E-state index is 11.8. The van der Waals surface area contributed by atoms with E-state index in [1.54, 1.807) is 6.07 Å². The number of nitrogens with one attached hydrogen (secondary N) is 1. The third kappa shape index (κ3) is 1.48. The van der Waals surface area contributed by atoms with Crippen molar-refractivity contribution in [1.29, 1.82) is 0 Å². The molecule has 0 saturated carbocycles. The van der Waals surface area contributed by atoms with E-state index in [1.807, 2.05) is 18.2 Å². The summed E-state index contributed by atoms with van der Waals surface area (Å²) >= 11 is 3.30. The van der Waals surface area contributed by atoms with E-state index in [2.05, 4.69) is 15.9 Å². The van der Waals surface area contributed by atoms with Crippen LogP contribution in [0.1, 0.15) is 18.1 Å². The summed E-state index contributed by atoms with van der Waals surface area (Å²) in [5.41, 5.74) is 1.47. The number of alkyl halides is 1. The molecule has 1 aliphatic heterocycles. The van der Waals surface area contributed by atoms with Crippen LogP contribution in [-0.4, -0.2) is 16.5 Å². The summed E-state index contributed by atoms with van der Waals surface area (Å²) in [5, 5.41) is 22.5. The lowest BCUT2D eigenvalue weighted by molar-refractivity contribution is -0.804. The Labute approximate surface area is 91.1 Å². The molecule has 0 aromatic heterocycles. The molecule has 3 atom stereocenters. The Kier molecular flexibility index (Phi) is 2.88. The second kappa shape index (κ2) is 3.98. The van der Waals surface area contributed by atoms with Gasteiger partial charge in [0.25, 0.3) is 0 Å². The van der Waals surface area contributed by atoms with Crippen LogP contribution in [0, 0.1) is 5.21 Å². The minimum atomic E-state index is -0.615. The molecule has 1 aromatic carbocycles. The molecule has 14 heavy (non-hydrogen) atoms. The Hall–Kier alpha value is -0.420. The molecule has 0 bridgehead atoms. The number of para-hydroxylation sites is 1. The van der Waals surface area contributed by atoms with E-state index in [9.17, 15) is 10.3 Å². The molecule has 76 valence electrons. The smallest absolute Gasteiger partial charge is 0.137 e. The average Bonchev–Trinajstić information content (AvgIpc) is 2.45. The Bertz CT molecular complexity index is 303. The van der Waals surface area contributed by atoms with Gasteiger partial charge in [-0.05, 0) is 6.07 Å². The number of rotatable bonds is 2. The van der Waals surface area contributed by atoms with Gasteiger partial charge in [0.15, 0.2) is 0 Å². The second-order valence-electron chi connectivity index (χ2n) is 3.48. The van der Waals surface area contributed by atoms with Crippen molar-refractivity contribution >= 4 is 21.6 Å². The van der Waals surface area contributed by atoms with Gasteiger partial charge in [-0.1, -0.05) is 34.1 Å². The molecule has 0 aliphatic carbocycles. The zero-order chi connectivity index (χ0) is 10.1. The molecule has 3 nitrogen and oxygen atoms in total. The van der Waals surface area contributed by atoms with Crippen LogP contribution >= 0.6 is 15.9 Å². The quantitative estimate of drug-likeness (QED) is 0.611. The first-order valence-corrected chi connectivity index (χ1v) is 5.75. The van der Waals surface area contributed by atoms with Crippen LogP contribution in [0.25, 0.3) is 0 Å². The molecule has 1 aromatic rings. The van der Waals surface area contributed by atoms with Crippen molar-refractivity contribution in [2.75, 3.05) is 5.33 Å². The van der Waals surface area contributed by atoms with Gasteiger partial charge in [-0.25, -0.2) is 0 Å². The lowest BCUT2D eigenvalue weighted by atomic mass is 10.1. The summed E-state index contributed by atoms with van der Waals surface area (Å²) in [6, 6.07) is 7.04. The molecule has 1 heterocycles. The first-order valence-electron chi connectivity index (χ1n) is 4.63. The highest BCUT2D eigenvalue weighted by Gasteiger charge is 2.37.